The quantitative estimate of drug-likeness (QED) is 0.432. The zero-order valence-corrected chi connectivity index (χ0v) is 9.86. The summed E-state index contributed by atoms with van der Waals surface area (Å²) in [6.07, 6.45) is 0.922. The van der Waals surface area contributed by atoms with Crippen molar-refractivity contribution < 1.29 is 9.81 Å². The smallest absolute Gasteiger partial charge is 0.233 e. The minimum absolute atomic E-state index is 0.0230. The predicted molar refractivity (Wildman–Crippen MR) is 55.9 cm³/mol. The standard InChI is InChI=1S/C9H20N4O2/c1-9(2,3)12(4)13(14)11-15-8-5-6-10-7-8/h8,10H,5-7H2,1-4H3/b13-11-/t8-/m1/s1. The molecule has 1 saturated heterocycles. The highest BCUT2D eigenvalue weighted by atomic mass is 16.7. The second kappa shape index (κ2) is 4.65. The molecule has 0 aromatic carbocycles. The molecule has 1 aliphatic heterocycles. The first-order chi connectivity index (χ1) is 6.91. The molecule has 15 heavy (non-hydrogen) atoms. The van der Waals surface area contributed by atoms with Crippen molar-refractivity contribution in [3.05, 3.63) is 5.21 Å². The van der Waals surface area contributed by atoms with Crippen molar-refractivity contribution in [3.63, 3.8) is 0 Å². The molecule has 0 bridgehead atoms. The van der Waals surface area contributed by atoms with Crippen molar-refractivity contribution in [2.45, 2.75) is 38.8 Å². The highest BCUT2D eigenvalue weighted by Crippen LogP contribution is 2.11. The number of rotatable bonds is 3. The van der Waals surface area contributed by atoms with Crippen LogP contribution in [0.4, 0.5) is 0 Å². The molecular weight excluding hydrogens is 196 g/mol. The zero-order valence-electron chi connectivity index (χ0n) is 9.86. The molecule has 0 aromatic rings. The summed E-state index contributed by atoms with van der Waals surface area (Å²) in [5.41, 5.74) is -0.261. The molecule has 1 rings (SSSR count). The van der Waals surface area contributed by atoms with E-state index < -0.39 is 0 Å². The van der Waals surface area contributed by atoms with Gasteiger partial charge in [-0.25, -0.2) is 0 Å². The van der Waals surface area contributed by atoms with Crippen molar-refractivity contribution in [3.8, 4) is 0 Å². The van der Waals surface area contributed by atoms with Crippen molar-refractivity contribution in [2.24, 2.45) is 5.28 Å². The molecule has 1 heterocycles. The van der Waals surface area contributed by atoms with Crippen LogP contribution in [0.1, 0.15) is 27.2 Å². The van der Waals surface area contributed by atoms with Gasteiger partial charge in [0.2, 0.25) is 5.28 Å². The summed E-state index contributed by atoms with van der Waals surface area (Å²) in [4.78, 5) is 5.61. The van der Waals surface area contributed by atoms with Crippen LogP contribution in [0.5, 0.6) is 0 Å². The Balaban J connectivity index is 2.44. The van der Waals surface area contributed by atoms with E-state index in [9.17, 15) is 5.21 Å². The highest BCUT2D eigenvalue weighted by molar-refractivity contribution is 4.69. The molecule has 88 valence electrons. The Labute approximate surface area is 90.4 Å². The van der Waals surface area contributed by atoms with E-state index in [1.807, 2.05) is 20.8 Å². The Bertz CT molecular complexity index is 231. The number of nitrogens with zero attached hydrogens (tertiary/aromatic N) is 3. The molecule has 0 aromatic heterocycles. The van der Waals surface area contributed by atoms with Gasteiger partial charge in [-0.15, -0.1) is 5.01 Å². The van der Waals surface area contributed by atoms with Crippen molar-refractivity contribution in [1.82, 2.24) is 10.3 Å². The van der Waals surface area contributed by atoms with E-state index in [0.717, 1.165) is 19.5 Å². The summed E-state index contributed by atoms with van der Waals surface area (Å²) in [6, 6.07) is 0. The van der Waals surface area contributed by atoms with E-state index in [0.29, 0.717) is 4.97 Å². The van der Waals surface area contributed by atoms with Gasteiger partial charge in [-0.3, -0.25) is 0 Å². The second-order valence-electron chi connectivity index (χ2n) is 4.75. The fourth-order valence-corrected chi connectivity index (χ4v) is 1.14. The largest absolute Gasteiger partial charge is 0.569 e. The van der Waals surface area contributed by atoms with Gasteiger partial charge in [0, 0.05) is 13.0 Å². The molecule has 0 aliphatic carbocycles. The Morgan fingerprint density at radius 2 is 2.20 bits per heavy atom. The summed E-state index contributed by atoms with van der Waals surface area (Å²) in [6.45, 7) is 7.49. The van der Waals surface area contributed by atoms with Crippen LogP contribution >= 0.6 is 0 Å². The molecule has 0 amide bonds. The fourth-order valence-electron chi connectivity index (χ4n) is 1.14. The maximum atomic E-state index is 11.5. The van der Waals surface area contributed by atoms with Gasteiger partial charge in [0.05, 0.1) is 17.6 Å². The summed E-state index contributed by atoms with van der Waals surface area (Å²) >= 11 is 0. The summed E-state index contributed by atoms with van der Waals surface area (Å²) in [7, 11) is 1.69. The van der Waals surface area contributed by atoms with Crippen molar-refractivity contribution >= 4 is 0 Å². The molecule has 1 atom stereocenters. The van der Waals surface area contributed by atoms with Crippen LogP contribution < -0.4 is 5.32 Å². The van der Waals surface area contributed by atoms with Crippen LogP contribution in [0.3, 0.4) is 0 Å². The highest BCUT2D eigenvalue weighted by Gasteiger charge is 2.25. The van der Waals surface area contributed by atoms with E-state index >= 15 is 0 Å². The first-order valence-corrected chi connectivity index (χ1v) is 5.20. The maximum Gasteiger partial charge on any atom is 0.233 e. The molecule has 0 saturated carbocycles. The second-order valence-corrected chi connectivity index (χ2v) is 4.75. The molecule has 6 nitrogen and oxygen atoms in total. The van der Waals surface area contributed by atoms with Gasteiger partial charge in [0.1, 0.15) is 6.10 Å². The van der Waals surface area contributed by atoms with Gasteiger partial charge < -0.3 is 15.4 Å². The number of hydrogen-bond acceptors (Lipinski definition) is 4. The van der Waals surface area contributed by atoms with Crippen LogP contribution in [-0.2, 0) is 4.84 Å². The van der Waals surface area contributed by atoms with Gasteiger partial charge >= 0.3 is 0 Å². The average molecular weight is 216 g/mol. The van der Waals surface area contributed by atoms with Gasteiger partial charge in [-0.1, -0.05) is 0 Å². The van der Waals surface area contributed by atoms with Crippen LogP contribution in [0, 0.1) is 5.21 Å². The molecule has 1 N–H and O–H groups in total. The summed E-state index contributed by atoms with van der Waals surface area (Å²) < 4.78 is 0. The van der Waals surface area contributed by atoms with Crippen LogP contribution in [0.15, 0.2) is 5.28 Å². The SMILES string of the molecule is CN(/[N+]([O-])=N/O[C@@H]1CCNC1)C(C)(C)C. The molecule has 0 spiro atoms. The van der Waals surface area contributed by atoms with Gasteiger partial charge in [0.25, 0.3) is 0 Å². The third-order valence-electron chi connectivity index (χ3n) is 2.51. The average Bonchev–Trinajstić information content (AvgIpc) is 2.63. The van der Waals surface area contributed by atoms with E-state index in [1.54, 1.807) is 7.05 Å². The van der Waals surface area contributed by atoms with Crippen LogP contribution in [0.2, 0.25) is 0 Å². The minimum atomic E-state index is -0.261. The number of nitrogens with one attached hydrogen (secondary N) is 1. The Morgan fingerprint density at radius 1 is 1.53 bits per heavy atom. The Kier molecular flexibility index (Phi) is 3.73. The lowest BCUT2D eigenvalue weighted by Gasteiger charge is -2.26. The predicted octanol–water partition coefficient (Wildman–Crippen LogP) is 0.888. The zero-order chi connectivity index (χ0) is 11.5. The summed E-state index contributed by atoms with van der Waals surface area (Å²) in [5, 5.41) is 19.6. The number of hydrogen-bond donors (Lipinski definition) is 1. The Hall–Kier alpha value is -1.04. The molecule has 6 heteroatoms. The first kappa shape index (κ1) is 12.0. The Morgan fingerprint density at radius 3 is 2.67 bits per heavy atom. The summed E-state index contributed by atoms with van der Waals surface area (Å²) in [5.74, 6) is 0. The first-order valence-electron chi connectivity index (χ1n) is 5.20. The normalized spacial score (nSPS) is 22.9. The van der Waals surface area contributed by atoms with Crippen LogP contribution in [-0.4, -0.2) is 41.8 Å². The number of hydrazine groups is 1. The lowest BCUT2D eigenvalue weighted by Crippen LogP contribution is -2.42. The molecule has 1 fully saturated rings. The maximum absolute atomic E-state index is 11.5. The monoisotopic (exact) mass is 216 g/mol. The minimum Gasteiger partial charge on any atom is -0.569 e. The lowest BCUT2D eigenvalue weighted by atomic mass is 10.1. The van der Waals surface area contributed by atoms with Gasteiger partial charge in [-0.05, 0) is 27.3 Å². The third kappa shape index (κ3) is 3.54. The molecule has 0 radical (unpaired) electrons. The van der Waals surface area contributed by atoms with Crippen LogP contribution in [0.25, 0.3) is 0 Å². The van der Waals surface area contributed by atoms with Crippen molar-refractivity contribution in [2.75, 3.05) is 20.1 Å². The molecular formula is C9H20N4O2. The van der Waals surface area contributed by atoms with Crippen molar-refractivity contribution in [1.29, 1.82) is 0 Å². The molecule has 0 unspecified atom stereocenters. The van der Waals surface area contributed by atoms with E-state index in [1.165, 1.54) is 5.01 Å². The van der Waals surface area contributed by atoms with E-state index in [-0.39, 0.29) is 11.6 Å². The molecule has 1 aliphatic rings. The topological polar surface area (TPSA) is 62.9 Å². The lowest BCUT2D eigenvalue weighted by molar-refractivity contribution is -0.720. The van der Waals surface area contributed by atoms with Gasteiger partial charge in [-0.2, -0.15) is 0 Å². The van der Waals surface area contributed by atoms with E-state index in [2.05, 4.69) is 10.6 Å². The fraction of sp³-hybridized carbons (Fsp3) is 1.00. The van der Waals surface area contributed by atoms with E-state index in [4.69, 9.17) is 4.84 Å². The van der Waals surface area contributed by atoms with Gasteiger partial charge in [0.15, 0.2) is 0 Å². The third-order valence-corrected chi connectivity index (χ3v) is 2.51.